The molecule has 6 heteroatoms. The molecule has 0 bridgehead atoms. The van der Waals surface area contributed by atoms with E-state index in [1.165, 1.54) is 0 Å². The van der Waals surface area contributed by atoms with Gasteiger partial charge in [0.2, 0.25) is 0 Å². The number of anilines is 1. The molecule has 26 heavy (non-hydrogen) atoms. The van der Waals surface area contributed by atoms with Gasteiger partial charge in [-0.2, -0.15) is 0 Å². The monoisotopic (exact) mass is 362 g/mol. The lowest BCUT2D eigenvalue weighted by molar-refractivity contribution is 0.0210. The topological polar surface area (TPSA) is 67.9 Å². The Morgan fingerprint density at radius 3 is 2.42 bits per heavy atom. The Morgan fingerprint density at radius 2 is 1.85 bits per heavy atom. The number of hydrogen-bond acceptors (Lipinski definition) is 5. The Morgan fingerprint density at radius 1 is 1.19 bits per heavy atom. The summed E-state index contributed by atoms with van der Waals surface area (Å²) in [6.45, 7) is 11.0. The van der Waals surface area contributed by atoms with E-state index in [1.807, 2.05) is 45.9 Å². The smallest absolute Gasteiger partial charge is 0.410 e. The zero-order valence-electron chi connectivity index (χ0n) is 16.4. The van der Waals surface area contributed by atoms with Crippen molar-refractivity contribution in [2.24, 2.45) is 0 Å². The van der Waals surface area contributed by atoms with Crippen molar-refractivity contribution < 1.29 is 19.1 Å². The van der Waals surface area contributed by atoms with E-state index in [-0.39, 0.29) is 18.1 Å². The molecule has 0 unspecified atom stereocenters. The maximum atomic E-state index is 12.1. The van der Waals surface area contributed by atoms with Crippen molar-refractivity contribution in [2.75, 3.05) is 25.0 Å². The first kappa shape index (κ1) is 20.1. The number of aryl methyl sites for hydroxylation is 1. The standard InChI is InChI=1S/C20H30N2O4/c1-6-25-18(23)15-11-14(2)12-17(13-15)21-16-7-9-22(10-8-16)19(24)26-20(3,4)5/h11-13,16,21H,6-10H2,1-5H3. The molecule has 1 fully saturated rings. The minimum Gasteiger partial charge on any atom is -0.462 e. The van der Waals surface area contributed by atoms with E-state index in [4.69, 9.17) is 9.47 Å². The van der Waals surface area contributed by atoms with E-state index in [2.05, 4.69) is 5.32 Å². The average Bonchev–Trinajstić information content (AvgIpc) is 2.53. The summed E-state index contributed by atoms with van der Waals surface area (Å²) >= 11 is 0. The van der Waals surface area contributed by atoms with Crippen molar-refractivity contribution >= 4 is 17.7 Å². The Bertz CT molecular complexity index is 644. The number of ether oxygens (including phenoxy) is 2. The molecule has 1 aliphatic heterocycles. The third-order valence-electron chi connectivity index (χ3n) is 4.11. The fourth-order valence-electron chi connectivity index (χ4n) is 2.97. The highest BCUT2D eigenvalue weighted by molar-refractivity contribution is 5.90. The second-order valence-corrected chi connectivity index (χ2v) is 7.69. The SMILES string of the molecule is CCOC(=O)c1cc(C)cc(NC2CCN(C(=O)OC(C)(C)C)CC2)c1. The van der Waals surface area contributed by atoms with Gasteiger partial charge >= 0.3 is 12.1 Å². The van der Waals surface area contributed by atoms with Crippen LogP contribution in [0.3, 0.4) is 0 Å². The van der Waals surface area contributed by atoms with Crippen LogP contribution < -0.4 is 5.32 Å². The normalized spacial score (nSPS) is 15.5. The van der Waals surface area contributed by atoms with Gasteiger partial charge in [-0.3, -0.25) is 0 Å². The minimum atomic E-state index is -0.475. The molecule has 2 rings (SSSR count). The summed E-state index contributed by atoms with van der Waals surface area (Å²) in [6, 6.07) is 5.92. The van der Waals surface area contributed by atoms with E-state index in [9.17, 15) is 9.59 Å². The molecule has 6 nitrogen and oxygen atoms in total. The van der Waals surface area contributed by atoms with Crippen molar-refractivity contribution in [3.8, 4) is 0 Å². The molecular formula is C20H30N2O4. The highest BCUT2D eigenvalue weighted by Crippen LogP contribution is 2.21. The van der Waals surface area contributed by atoms with E-state index in [0.29, 0.717) is 25.3 Å². The lowest BCUT2D eigenvalue weighted by Gasteiger charge is -2.34. The first-order valence-electron chi connectivity index (χ1n) is 9.21. The van der Waals surface area contributed by atoms with E-state index in [0.717, 1.165) is 24.1 Å². The summed E-state index contributed by atoms with van der Waals surface area (Å²) in [5, 5.41) is 3.48. The molecule has 1 aliphatic rings. The van der Waals surface area contributed by atoms with Gasteiger partial charge in [-0.15, -0.1) is 0 Å². The third kappa shape index (κ3) is 5.93. The van der Waals surface area contributed by atoms with Crippen LogP contribution in [0.2, 0.25) is 0 Å². The molecule has 0 radical (unpaired) electrons. The van der Waals surface area contributed by atoms with Gasteiger partial charge in [0, 0.05) is 24.8 Å². The molecule has 0 spiro atoms. The van der Waals surface area contributed by atoms with Crippen molar-refractivity contribution in [1.82, 2.24) is 4.90 Å². The van der Waals surface area contributed by atoms with Gasteiger partial charge in [-0.05, 0) is 71.2 Å². The Kier molecular flexibility index (Phi) is 6.51. The Balaban J connectivity index is 1.93. The number of nitrogens with one attached hydrogen (secondary N) is 1. The number of carbonyl (C=O) groups excluding carboxylic acids is 2. The van der Waals surface area contributed by atoms with Crippen LogP contribution in [-0.2, 0) is 9.47 Å². The molecule has 1 N–H and O–H groups in total. The lowest BCUT2D eigenvalue weighted by atomic mass is 10.0. The number of amides is 1. The number of rotatable bonds is 4. The summed E-state index contributed by atoms with van der Waals surface area (Å²) in [5.41, 5.74) is 1.99. The second kappa shape index (κ2) is 8.43. The van der Waals surface area contributed by atoms with Crippen LogP contribution in [0, 0.1) is 6.92 Å². The zero-order valence-corrected chi connectivity index (χ0v) is 16.4. The molecule has 144 valence electrons. The van der Waals surface area contributed by atoms with E-state index < -0.39 is 5.60 Å². The van der Waals surface area contributed by atoms with Crippen molar-refractivity contribution in [3.05, 3.63) is 29.3 Å². The quantitative estimate of drug-likeness (QED) is 0.821. The van der Waals surface area contributed by atoms with Crippen LogP contribution in [0.4, 0.5) is 10.5 Å². The van der Waals surface area contributed by atoms with Crippen LogP contribution in [0.25, 0.3) is 0 Å². The summed E-state index contributed by atoms with van der Waals surface area (Å²) in [7, 11) is 0. The summed E-state index contributed by atoms with van der Waals surface area (Å²) in [4.78, 5) is 25.9. The first-order chi connectivity index (χ1) is 12.2. The number of nitrogens with zero attached hydrogens (tertiary/aromatic N) is 1. The number of piperidine rings is 1. The van der Waals surface area contributed by atoms with Crippen LogP contribution >= 0.6 is 0 Å². The number of hydrogen-bond donors (Lipinski definition) is 1. The van der Waals surface area contributed by atoms with E-state index in [1.54, 1.807) is 11.8 Å². The van der Waals surface area contributed by atoms with Crippen LogP contribution in [0.15, 0.2) is 18.2 Å². The Hall–Kier alpha value is -2.24. The van der Waals surface area contributed by atoms with Crippen molar-refractivity contribution in [2.45, 2.75) is 59.1 Å². The first-order valence-corrected chi connectivity index (χ1v) is 9.21. The number of benzene rings is 1. The zero-order chi connectivity index (χ0) is 19.3. The average molecular weight is 362 g/mol. The predicted octanol–water partition coefficient (Wildman–Crippen LogP) is 3.98. The highest BCUT2D eigenvalue weighted by Gasteiger charge is 2.26. The summed E-state index contributed by atoms with van der Waals surface area (Å²) < 4.78 is 10.5. The highest BCUT2D eigenvalue weighted by atomic mass is 16.6. The predicted molar refractivity (Wildman–Crippen MR) is 102 cm³/mol. The maximum Gasteiger partial charge on any atom is 0.410 e. The molecular weight excluding hydrogens is 332 g/mol. The maximum absolute atomic E-state index is 12.1. The third-order valence-corrected chi connectivity index (χ3v) is 4.11. The van der Waals surface area contributed by atoms with Gasteiger partial charge in [-0.25, -0.2) is 9.59 Å². The molecule has 1 aromatic rings. The van der Waals surface area contributed by atoms with Gasteiger partial charge < -0.3 is 19.7 Å². The largest absolute Gasteiger partial charge is 0.462 e. The molecule has 0 saturated carbocycles. The van der Waals surface area contributed by atoms with Crippen LogP contribution in [0.5, 0.6) is 0 Å². The van der Waals surface area contributed by atoms with Gasteiger partial charge in [0.15, 0.2) is 0 Å². The molecule has 1 saturated heterocycles. The van der Waals surface area contributed by atoms with Gasteiger partial charge in [0.05, 0.1) is 12.2 Å². The lowest BCUT2D eigenvalue weighted by Crippen LogP contribution is -2.44. The molecule has 0 atom stereocenters. The number of esters is 1. The fourth-order valence-corrected chi connectivity index (χ4v) is 2.97. The van der Waals surface area contributed by atoms with E-state index >= 15 is 0 Å². The second-order valence-electron chi connectivity index (χ2n) is 7.69. The minimum absolute atomic E-state index is 0.254. The number of likely N-dealkylation sites (tertiary alicyclic amines) is 1. The molecule has 0 aliphatic carbocycles. The van der Waals surface area contributed by atoms with Gasteiger partial charge in [0.1, 0.15) is 5.60 Å². The van der Waals surface area contributed by atoms with Crippen molar-refractivity contribution in [1.29, 1.82) is 0 Å². The van der Waals surface area contributed by atoms with Crippen LogP contribution in [0.1, 0.15) is 56.5 Å². The molecule has 1 heterocycles. The van der Waals surface area contributed by atoms with Gasteiger partial charge in [-0.1, -0.05) is 0 Å². The summed E-state index contributed by atoms with van der Waals surface area (Å²) in [5.74, 6) is -0.306. The molecule has 0 aromatic heterocycles. The van der Waals surface area contributed by atoms with Crippen LogP contribution in [-0.4, -0.2) is 48.3 Å². The molecule has 1 aromatic carbocycles. The molecule has 1 amide bonds. The van der Waals surface area contributed by atoms with Gasteiger partial charge in [0.25, 0.3) is 0 Å². The number of carbonyl (C=O) groups is 2. The summed E-state index contributed by atoms with van der Waals surface area (Å²) in [6.07, 6.45) is 1.42. The Labute approximate surface area is 155 Å². The van der Waals surface area contributed by atoms with Crippen molar-refractivity contribution in [3.63, 3.8) is 0 Å². The fraction of sp³-hybridized carbons (Fsp3) is 0.600.